The molecule has 0 saturated heterocycles. The Morgan fingerprint density at radius 1 is 1.53 bits per heavy atom. The van der Waals surface area contributed by atoms with Crippen molar-refractivity contribution in [1.29, 1.82) is 0 Å². The number of hydrogen-bond donors (Lipinski definition) is 2. The highest BCUT2D eigenvalue weighted by Crippen LogP contribution is 2.09. The van der Waals surface area contributed by atoms with Crippen molar-refractivity contribution in [3.8, 4) is 0 Å². The predicted octanol–water partition coefficient (Wildman–Crippen LogP) is 1.76. The molecule has 0 aliphatic rings. The maximum atomic E-state index is 10.9. The Morgan fingerprint density at radius 3 is 2.53 bits per heavy atom. The molecule has 1 atom stereocenters. The largest absolute Gasteiger partial charge is 0.481 e. The maximum absolute atomic E-state index is 10.9. The van der Waals surface area contributed by atoms with Crippen molar-refractivity contribution in [2.45, 2.75) is 33.3 Å². The third-order valence-electron chi connectivity index (χ3n) is 1.58. The molecule has 0 unspecified atom stereocenters. The van der Waals surface area contributed by atoms with Crippen LogP contribution in [0, 0.1) is 5.92 Å². The van der Waals surface area contributed by atoms with Gasteiger partial charge in [-0.3, -0.25) is 9.63 Å². The number of thioether (sulfide) groups is 1. The van der Waals surface area contributed by atoms with Gasteiger partial charge in [0.05, 0.1) is 11.5 Å². The molecule has 0 heterocycles. The first-order valence-electron chi connectivity index (χ1n) is 5.08. The summed E-state index contributed by atoms with van der Waals surface area (Å²) in [6, 6.07) is 0. The Bertz CT molecular complexity index is 192. The third-order valence-corrected chi connectivity index (χ3v) is 2.63. The van der Waals surface area contributed by atoms with Gasteiger partial charge in [0.1, 0.15) is 0 Å². The first kappa shape index (κ1) is 14.7. The molecule has 0 aromatic heterocycles. The van der Waals surface area contributed by atoms with Gasteiger partial charge in [0.2, 0.25) is 0 Å². The smallest absolute Gasteiger partial charge is 0.308 e. The van der Waals surface area contributed by atoms with E-state index in [2.05, 4.69) is 5.48 Å². The Hall–Kier alpha value is -0.260. The third kappa shape index (κ3) is 8.72. The van der Waals surface area contributed by atoms with E-state index >= 15 is 0 Å². The number of aliphatic carboxylic acids is 1. The van der Waals surface area contributed by atoms with Gasteiger partial charge in [-0.1, -0.05) is 6.92 Å². The number of hydroxylamine groups is 1. The van der Waals surface area contributed by atoms with Gasteiger partial charge in [-0.2, -0.15) is 11.8 Å². The zero-order valence-corrected chi connectivity index (χ0v) is 10.7. The SMILES string of the molecule is CCSC[C@H](CNOC(C)(C)C)C(=O)O. The molecule has 0 rings (SSSR count). The Morgan fingerprint density at radius 2 is 2.13 bits per heavy atom. The first-order chi connectivity index (χ1) is 6.87. The van der Waals surface area contributed by atoms with Crippen LogP contribution in [0.25, 0.3) is 0 Å². The van der Waals surface area contributed by atoms with Crippen LogP contribution in [0.1, 0.15) is 27.7 Å². The second-order valence-corrected chi connectivity index (χ2v) is 5.58. The highest BCUT2D eigenvalue weighted by atomic mass is 32.2. The van der Waals surface area contributed by atoms with Gasteiger partial charge in [0.15, 0.2) is 0 Å². The van der Waals surface area contributed by atoms with E-state index in [0.29, 0.717) is 12.3 Å². The molecule has 0 aromatic rings. The molecule has 0 fully saturated rings. The summed E-state index contributed by atoms with van der Waals surface area (Å²) in [7, 11) is 0. The van der Waals surface area contributed by atoms with Crippen LogP contribution in [0.5, 0.6) is 0 Å². The topological polar surface area (TPSA) is 58.6 Å². The van der Waals surface area contributed by atoms with Crippen molar-refractivity contribution < 1.29 is 14.7 Å². The molecule has 2 N–H and O–H groups in total. The molecule has 0 amide bonds. The van der Waals surface area contributed by atoms with Gasteiger partial charge in [-0.05, 0) is 26.5 Å². The van der Waals surface area contributed by atoms with Crippen molar-refractivity contribution in [3.05, 3.63) is 0 Å². The van der Waals surface area contributed by atoms with Gasteiger partial charge in [0.25, 0.3) is 0 Å². The minimum atomic E-state index is -0.777. The first-order valence-corrected chi connectivity index (χ1v) is 6.23. The maximum Gasteiger partial charge on any atom is 0.308 e. The zero-order chi connectivity index (χ0) is 11.9. The van der Waals surface area contributed by atoms with E-state index in [1.54, 1.807) is 11.8 Å². The average Bonchev–Trinajstić information content (AvgIpc) is 2.08. The minimum absolute atomic E-state index is 0.291. The molecule has 15 heavy (non-hydrogen) atoms. The van der Waals surface area contributed by atoms with Crippen molar-refractivity contribution in [2.75, 3.05) is 18.1 Å². The van der Waals surface area contributed by atoms with Crippen LogP contribution >= 0.6 is 11.8 Å². The lowest BCUT2D eigenvalue weighted by Gasteiger charge is -2.21. The second kappa shape index (κ2) is 7.09. The second-order valence-electron chi connectivity index (χ2n) is 4.26. The molecule has 0 bridgehead atoms. The number of hydrogen-bond acceptors (Lipinski definition) is 4. The van der Waals surface area contributed by atoms with Crippen molar-refractivity contribution >= 4 is 17.7 Å². The lowest BCUT2D eigenvalue weighted by atomic mass is 10.2. The van der Waals surface area contributed by atoms with Gasteiger partial charge in [-0.15, -0.1) is 0 Å². The molecule has 0 radical (unpaired) electrons. The normalized spacial score (nSPS) is 13.9. The average molecular weight is 235 g/mol. The molecular formula is C10H21NO3S. The molecular weight excluding hydrogens is 214 g/mol. The van der Waals surface area contributed by atoms with E-state index in [4.69, 9.17) is 9.94 Å². The fourth-order valence-corrected chi connectivity index (χ4v) is 1.62. The fraction of sp³-hybridized carbons (Fsp3) is 0.900. The van der Waals surface area contributed by atoms with E-state index in [9.17, 15) is 4.79 Å². The summed E-state index contributed by atoms with van der Waals surface area (Å²) in [6.45, 7) is 8.10. The summed E-state index contributed by atoms with van der Waals surface area (Å²) in [4.78, 5) is 16.1. The van der Waals surface area contributed by atoms with Crippen LogP contribution in [0.15, 0.2) is 0 Å². The Balaban J connectivity index is 3.81. The predicted molar refractivity (Wildman–Crippen MR) is 63.0 cm³/mol. The summed E-state index contributed by atoms with van der Waals surface area (Å²) >= 11 is 1.63. The van der Waals surface area contributed by atoms with Crippen LogP contribution < -0.4 is 5.48 Å². The van der Waals surface area contributed by atoms with Crippen molar-refractivity contribution in [2.24, 2.45) is 5.92 Å². The molecule has 0 aromatic carbocycles. The quantitative estimate of drug-likeness (QED) is 0.658. The van der Waals surface area contributed by atoms with Gasteiger partial charge < -0.3 is 5.11 Å². The molecule has 0 aliphatic heterocycles. The van der Waals surface area contributed by atoms with Crippen LogP contribution in [0.2, 0.25) is 0 Å². The van der Waals surface area contributed by atoms with Crippen LogP contribution in [0.4, 0.5) is 0 Å². The van der Waals surface area contributed by atoms with E-state index in [-0.39, 0.29) is 5.60 Å². The summed E-state index contributed by atoms with van der Waals surface area (Å²) in [6.07, 6.45) is 0. The molecule has 0 saturated carbocycles. The fourth-order valence-electron chi connectivity index (χ4n) is 0.836. The minimum Gasteiger partial charge on any atom is -0.481 e. The molecule has 4 nitrogen and oxygen atoms in total. The summed E-state index contributed by atoms with van der Waals surface area (Å²) in [5, 5.41) is 8.92. The van der Waals surface area contributed by atoms with Gasteiger partial charge in [0, 0.05) is 12.3 Å². The van der Waals surface area contributed by atoms with E-state index in [1.165, 1.54) is 0 Å². The van der Waals surface area contributed by atoms with E-state index in [1.807, 2.05) is 27.7 Å². The number of rotatable bonds is 7. The summed E-state index contributed by atoms with van der Waals surface area (Å²) < 4.78 is 0. The molecule has 0 aliphatic carbocycles. The number of nitrogens with one attached hydrogen (secondary N) is 1. The van der Waals surface area contributed by atoms with E-state index < -0.39 is 11.9 Å². The Labute approximate surface area is 95.7 Å². The molecule has 90 valence electrons. The Kier molecular flexibility index (Phi) is 6.96. The highest BCUT2D eigenvalue weighted by Gasteiger charge is 2.18. The number of carboxylic acid groups (broad SMARTS) is 1. The standard InChI is InChI=1S/C10H21NO3S/c1-5-15-7-8(9(12)13)6-11-14-10(2,3)4/h8,11H,5-7H2,1-4H3,(H,12,13)/t8-/m0/s1. The van der Waals surface area contributed by atoms with Gasteiger partial charge in [-0.25, -0.2) is 5.48 Å². The lowest BCUT2D eigenvalue weighted by molar-refractivity contribution is -0.143. The summed E-state index contributed by atoms with van der Waals surface area (Å²) in [5.74, 6) is 0.384. The van der Waals surface area contributed by atoms with Crippen molar-refractivity contribution in [1.82, 2.24) is 5.48 Å². The molecule has 5 heteroatoms. The van der Waals surface area contributed by atoms with Gasteiger partial charge >= 0.3 is 5.97 Å². The van der Waals surface area contributed by atoms with Crippen LogP contribution in [-0.4, -0.2) is 34.7 Å². The number of carboxylic acids is 1. The lowest BCUT2D eigenvalue weighted by Crippen LogP contribution is -2.35. The summed E-state index contributed by atoms with van der Waals surface area (Å²) in [5.41, 5.74) is 2.43. The van der Waals surface area contributed by atoms with Crippen LogP contribution in [0.3, 0.4) is 0 Å². The van der Waals surface area contributed by atoms with E-state index in [0.717, 1.165) is 5.75 Å². The number of carbonyl (C=O) groups is 1. The molecule has 0 spiro atoms. The zero-order valence-electron chi connectivity index (χ0n) is 9.87. The van der Waals surface area contributed by atoms with Crippen molar-refractivity contribution in [3.63, 3.8) is 0 Å². The van der Waals surface area contributed by atoms with Crippen LogP contribution in [-0.2, 0) is 9.63 Å². The monoisotopic (exact) mass is 235 g/mol. The highest BCUT2D eigenvalue weighted by molar-refractivity contribution is 7.99.